The number of urea groups is 1. The zero-order valence-electron chi connectivity index (χ0n) is 15.8. The van der Waals surface area contributed by atoms with E-state index < -0.39 is 0 Å². The van der Waals surface area contributed by atoms with Gasteiger partial charge in [0.15, 0.2) is 0 Å². The van der Waals surface area contributed by atoms with E-state index in [-0.39, 0.29) is 23.6 Å². The zero-order valence-corrected chi connectivity index (χ0v) is 15.8. The van der Waals surface area contributed by atoms with Crippen molar-refractivity contribution in [3.8, 4) is 0 Å². The third kappa shape index (κ3) is 4.97. The van der Waals surface area contributed by atoms with Crippen LogP contribution >= 0.6 is 0 Å². The van der Waals surface area contributed by atoms with Gasteiger partial charge in [-0.25, -0.2) is 4.79 Å². The number of likely N-dealkylation sites (N-methyl/N-ethyl adjacent to an activating group) is 1. The van der Waals surface area contributed by atoms with Crippen LogP contribution in [0.5, 0.6) is 0 Å². The fourth-order valence-corrected chi connectivity index (χ4v) is 3.02. The summed E-state index contributed by atoms with van der Waals surface area (Å²) in [5, 5.41) is 3.11. The maximum absolute atomic E-state index is 12.5. The van der Waals surface area contributed by atoms with E-state index in [0.717, 1.165) is 25.0 Å². The number of hydrogen-bond donors (Lipinski definition) is 1. The highest BCUT2D eigenvalue weighted by Crippen LogP contribution is 2.24. The molecule has 0 spiro atoms. The van der Waals surface area contributed by atoms with Crippen molar-refractivity contribution in [2.75, 3.05) is 19.7 Å². The molecule has 1 aromatic carbocycles. The van der Waals surface area contributed by atoms with Gasteiger partial charge in [-0.1, -0.05) is 45.0 Å². The largest absolute Gasteiger partial charge is 0.376 e. The fraction of sp³-hybridized carbons (Fsp3) is 0.650. The summed E-state index contributed by atoms with van der Waals surface area (Å²) in [4.78, 5) is 14.4. The van der Waals surface area contributed by atoms with E-state index in [9.17, 15) is 4.79 Å². The van der Waals surface area contributed by atoms with Crippen molar-refractivity contribution in [2.45, 2.75) is 65.0 Å². The first-order chi connectivity index (χ1) is 11.3. The third-order valence-corrected chi connectivity index (χ3v) is 4.73. The predicted molar refractivity (Wildman–Crippen MR) is 98.3 cm³/mol. The Kier molecular flexibility index (Phi) is 6.27. The fourth-order valence-electron chi connectivity index (χ4n) is 3.02. The van der Waals surface area contributed by atoms with Crippen LogP contribution in [0.2, 0.25) is 0 Å². The van der Waals surface area contributed by atoms with Gasteiger partial charge in [0.05, 0.1) is 12.1 Å². The number of carbonyl (C=O) groups is 1. The second kappa shape index (κ2) is 8.02. The summed E-state index contributed by atoms with van der Waals surface area (Å²) < 4.78 is 5.65. The molecule has 4 heteroatoms. The summed E-state index contributed by atoms with van der Waals surface area (Å²) in [5.74, 6) is 0. The third-order valence-electron chi connectivity index (χ3n) is 4.73. The van der Waals surface area contributed by atoms with Crippen LogP contribution < -0.4 is 5.32 Å². The second-order valence-electron chi connectivity index (χ2n) is 7.72. The minimum absolute atomic E-state index is 0.00920. The monoisotopic (exact) mass is 332 g/mol. The number of rotatable bonds is 5. The molecular formula is C20H32N2O2. The maximum Gasteiger partial charge on any atom is 0.317 e. The number of carbonyl (C=O) groups excluding carboxylic acids is 1. The Bertz CT molecular complexity index is 528. The lowest BCUT2D eigenvalue weighted by molar-refractivity contribution is 0.0822. The Balaban J connectivity index is 1.94. The quantitative estimate of drug-likeness (QED) is 0.875. The van der Waals surface area contributed by atoms with Crippen LogP contribution in [0, 0.1) is 0 Å². The smallest absolute Gasteiger partial charge is 0.317 e. The van der Waals surface area contributed by atoms with Gasteiger partial charge in [-0.05, 0) is 43.2 Å². The molecule has 0 aromatic heterocycles. The van der Waals surface area contributed by atoms with Gasteiger partial charge in [0.1, 0.15) is 0 Å². The van der Waals surface area contributed by atoms with Gasteiger partial charge in [-0.3, -0.25) is 0 Å². The van der Waals surface area contributed by atoms with Crippen LogP contribution in [0.15, 0.2) is 24.3 Å². The van der Waals surface area contributed by atoms with E-state index in [0.29, 0.717) is 13.1 Å². The highest BCUT2D eigenvalue weighted by molar-refractivity contribution is 5.74. The Hall–Kier alpha value is -1.55. The summed E-state index contributed by atoms with van der Waals surface area (Å²) in [5.41, 5.74) is 2.58. The first kappa shape index (κ1) is 18.8. The number of benzene rings is 1. The normalized spacial score (nSPS) is 19.1. The lowest BCUT2D eigenvalue weighted by Crippen LogP contribution is -2.44. The van der Waals surface area contributed by atoms with Crippen LogP contribution in [0.1, 0.15) is 64.6 Å². The molecule has 1 aliphatic heterocycles. The van der Waals surface area contributed by atoms with Crippen LogP contribution in [-0.2, 0) is 10.2 Å². The summed E-state index contributed by atoms with van der Waals surface area (Å²) in [7, 11) is 0. The number of nitrogens with one attached hydrogen (secondary N) is 1. The van der Waals surface area contributed by atoms with Crippen LogP contribution in [0.4, 0.5) is 4.79 Å². The van der Waals surface area contributed by atoms with Gasteiger partial charge in [0, 0.05) is 19.7 Å². The molecule has 2 unspecified atom stereocenters. The van der Waals surface area contributed by atoms with Crippen molar-refractivity contribution >= 4 is 6.03 Å². The Morgan fingerprint density at radius 1 is 1.33 bits per heavy atom. The van der Waals surface area contributed by atoms with Crippen molar-refractivity contribution in [3.05, 3.63) is 35.4 Å². The molecule has 0 aliphatic carbocycles. The molecule has 24 heavy (non-hydrogen) atoms. The second-order valence-corrected chi connectivity index (χ2v) is 7.72. The molecule has 0 radical (unpaired) electrons. The average molecular weight is 332 g/mol. The highest BCUT2D eigenvalue weighted by atomic mass is 16.5. The van der Waals surface area contributed by atoms with Crippen molar-refractivity contribution in [1.29, 1.82) is 0 Å². The Morgan fingerprint density at radius 2 is 2.00 bits per heavy atom. The molecule has 1 N–H and O–H groups in total. The molecule has 1 fully saturated rings. The summed E-state index contributed by atoms with van der Waals surface area (Å²) in [6, 6.07) is 8.51. The van der Waals surface area contributed by atoms with E-state index in [2.05, 4.69) is 50.4 Å². The molecular weight excluding hydrogens is 300 g/mol. The molecule has 2 amide bonds. The lowest BCUT2D eigenvalue weighted by atomic mass is 9.86. The summed E-state index contributed by atoms with van der Waals surface area (Å²) in [6.45, 7) is 12.9. The summed E-state index contributed by atoms with van der Waals surface area (Å²) >= 11 is 0. The SMILES string of the molecule is CCN(CC1CCCO1)C(=O)NC(C)c1ccc(C(C)(C)C)cc1. The minimum Gasteiger partial charge on any atom is -0.376 e. The molecule has 2 rings (SSSR count). The predicted octanol–water partition coefficient (Wildman–Crippen LogP) is 4.26. The molecule has 1 aromatic rings. The molecule has 1 saturated heterocycles. The van der Waals surface area contributed by atoms with Crippen molar-refractivity contribution in [1.82, 2.24) is 10.2 Å². The standard InChI is InChI=1S/C20H32N2O2/c1-6-22(14-18-8-7-13-24-18)19(23)21-15(2)16-9-11-17(12-10-16)20(3,4)5/h9-12,15,18H,6-8,13-14H2,1-5H3,(H,21,23). The van der Waals surface area contributed by atoms with Gasteiger partial charge in [0.25, 0.3) is 0 Å². The molecule has 1 heterocycles. The van der Waals surface area contributed by atoms with E-state index in [1.165, 1.54) is 5.56 Å². The number of nitrogens with zero attached hydrogens (tertiary/aromatic N) is 1. The molecule has 2 atom stereocenters. The maximum atomic E-state index is 12.5. The zero-order chi connectivity index (χ0) is 17.7. The van der Waals surface area contributed by atoms with Crippen LogP contribution in [0.3, 0.4) is 0 Å². The number of amides is 2. The van der Waals surface area contributed by atoms with E-state index in [1.54, 1.807) is 0 Å². The highest BCUT2D eigenvalue weighted by Gasteiger charge is 2.22. The molecule has 0 bridgehead atoms. The average Bonchev–Trinajstić information content (AvgIpc) is 3.04. The molecule has 134 valence electrons. The van der Waals surface area contributed by atoms with Crippen LogP contribution in [0.25, 0.3) is 0 Å². The Labute approximate surface area is 146 Å². The number of ether oxygens (including phenoxy) is 1. The van der Waals surface area contributed by atoms with Gasteiger partial charge in [-0.15, -0.1) is 0 Å². The van der Waals surface area contributed by atoms with Gasteiger partial charge < -0.3 is 15.0 Å². The van der Waals surface area contributed by atoms with E-state index >= 15 is 0 Å². The van der Waals surface area contributed by atoms with E-state index in [1.807, 2.05) is 18.7 Å². The number of hydrogen-bond acceptors (Lipinski definition) is 2. The molecule has 4 nitrogen and oxygen atoms in total. The van der Waals surface area contributed by atoms with Crippen LogP contribution in [-0.4, -0.2) is 36.7 Å². The van der Waals surface area contributed by atoms with Gasteiger partial charge in [0.2, 0.25) is 0 Å². The Morgan fingerprint density at radius 3 is 2.50 bits per heavy atom. The summed E-state index contributed by atoms with van der Waals surface area (Å²) in [6.07, 6.45) is 2.34. The molecule has 1 aliphatic rings. The molecule has 0 saturated carbocycles. The van der Waals surface area contributed by atoms with Crippen molar-refractivity contribution in [3.63, 3.8) is 0 Å². The minimum atomic E-state index is -0.0135. The first-order valence-electron chi connectivity index (χ1n) is 9.08. The van der Waals surface area contributed by atoms with E-state index in [4.69, 9.17) is 4.74 Å². The van der Waals surface area contributed by atoms with Gasteiger partial charge >= 0.3 is 6.03 Å². The van der Waals surface area contributed by atoms with Crippen molar-refractivity contribution in [2.24, 2.45) is 0 Å². The topological polar surface area (TPSA) is 41.6 Å². The lowest BCUT2D eigenvalue weighted by Gasteiger charge is -2.26. The van der Waals surface area contributed by atoms with Gasteiger partial charge in [-0.2, -0.15) is 0 Å². The first-order valence-corrected chi connectivity index (χ1v) is 9.08. The van der Waals surface area contributed by atoms with Crippen molar-refractivity contribution < 1.29 is 9.53 Å².